The standard InChI is InChI=1S/C10H11NO3/c11-10(13)5-6-14-9-3-1-8(7-12)2-4-9/h1-4,7H,5-6H2,(H2,11,13). The molecule has 0 aromatic heterocycles. The minimum atomic E-state index is -0.394. The average Bonchev–Trinajstić information content (AvgIpc) is 2.18. The van der Waals surface area contributed by atoms with Gasteiger partial charge >= 0.3 is 0 Å². The van der Waals surface area contributed by atoms with Crippen LogP contribution in [0.5, 0.6) is 5.75 Å². The van der Waals surface area contributed by atoms with Crippen molar-refractivity contribution in [2.24, 2.45) is 5.73 Å². The third-order valence-corrected chi connectivity index (χ3v) is 1.63. The first-order valence-corrected chi connectivity index (χ1v) is 4.18. The lowest BCUT2D eigenvalue weighted by atomic mass is 10.2. The van der Waals surface area contributed by atoms with Gasteiger partial charge in [-0.05, 0) is 24.3 Å². The number of benzene rings is 1. The highest BCUT2D eigenvalue weighted by Gasteiger charge is 1.96. The third kappa shape index (κ3) is 3.26. The Balaban J connectivity index is 2.43. The number of aldehydes is 1. The van der Waals surface area contributed by atoms with Crippen molar-refractivity contribution in [2.45, 2.75) is 6.42 Å². The number of nitrogens with two attached hydrogens (primary N) is 1. The van der Waals surface area contributed by atoms with Gasteiger partial charge in [-0.25, -0.2) is 0 Å². The first-order chi connectivity index (χ1) is 6.72. The SMILES string of the molecule is NC(=O)CCOc1ccc(C=O)cc1. The van der Waals surface area contributed by atoms with Gasteiger partial charge in [0.05, 0.1) is 13.0 Å². The molecule has 4 heteroatoms. The molecular weight excluding hydrogens is 182 g/mol. The molecule has 2 N–H and O–H groups in total. The number of hydrogen-bond donors (Lipinski definition) is 1. The molecule has 1 aromatic rings. The van der Waals surface area contributed by atoms with Crippen LogP contribution in [-0.4, -0.2) is 18.8 Å². The van der Waals surface area contributed by atoms with Crippen LogP contribution in [-0.2, 0) is 4.79 Å². The van der Waals surface area contributed by atoms with E-state index in [1.807, 2.05) is 0 Å². The molecule has 0 saturated carbocycles. The molecule has 0 saturated heterocycles. The number of amides is 1. The van der Waals surface area contributed by atoms with Gasteiger partial charge in [-0.2, -0.15) is 0 Å². The fourth-order valence-electron chi connectivity index (χ4n) is 0.912. The normalized spacial score (nSPS) is 9.43. The van der Waals surface area contributed by atoms with Crippen molar-refractivity contribution in [3.05, 3.63) is 29.8 Å². The lowest BCUT2D eigenvalue weighted by Crippen LogP contribution is -2.14. The second kappa shape index (κ2) is 5.01. The second-order valence-electron chi connectivity index (χ2n) is 2.75. The summed E-state index contributed by atoms with van der Waals surface area (Å²) >= 11 is 0. The number of ether oxygens (including phenoxy) is 1. The second-order valence-corrected chi connectivity index (χ2v) is 2.75. The number of rotatable bonds is 5. The summed E-state index contributed by atoms with van der Waals surface area (Å²) in [6.45, 7) is 0.260. The zero-order valence-electron chi connectivity index (χ0n) is 7.60. The van der Waals surface area contributed by atoms with Crippen LogP contribution >= 0.6 is 0 Å². The van der Waals surface area contributed by atoms with E-state index >= 15 is 0 Å². The summed E-state index contributed by atoms with van der Waals surface area (Å²) in [5.74, 6) is 0.228. The molecule has 14 heavy (non-hydrogen) atoms. The van der Waals surface area contributed by atoms with Gasteiger partial charge in [0.15, 0.2) is 0 Å². The zero-order chi connectivity index (χ0) is 10.4. The largest absolute Gasteiger partial charge is 0.493 e. The van der Waals surface area contributed by atoms with Crippen LogP contribution in [0.25, 0.3) is 0 Å². The summed E-state index contributed by atoms with van der Waals surface area (Å²) in [6, 6.07) is 6.63. The number of hydrogen-bond acceptors (Lipinski definition) is 3. The van der Waals surface area contributed by atoms with Crippen molar-refractivity contribution in [3.8, 4) is 5.75 Å². The Kier molecular flexibility index (Phi) is 3.67. The monoisotopic (exact) mass is 193 g/mol. The molecule has 1 rings (SSSR count). The van der Waals surface area contributed by atoms with E-state index in [1.165, 1.54) is 0 Å². The summed E-state index contributed by atoms with van der Waals surface area (Å²) in [5, 5.41) is 0. The maximum Gasteiger partial charge on any atom is 0.220 e. The maximum atomic E-state index is 10.4. The van der Waals surface area contributed by atoms with Crippen LogP contribution < -0.4 is 10.5 Å². The fraction of sp³-hybridized carbons (Fsp3) is 0.200. The number of carbonyl (C=O) groups is 2. The van der Waals surface area contributed by atoms with Gasteiger partial charge in [0, 0.05) is 5.56 Å². The molecular formula is C10H11NO3. The molecule has 0 aliphatic heterocycles. The third-order valence-electron chi connectivity index (χ3n) is 1.63. The maximum absolute atomic E-state index is 10.4. The zero-order valence-corrected chi connectivity index (χ0v) is 7.60. The fourth-order valence-corrected chi connectivity index (χ4v) is 0.912. The first-order valence-electron chi connectivity index (χ1n) is 4.18. The van der Waals surface area contributed by atoms with E-state index in [0.29, 0.717) is 11.3 Å². The molecule has 0 aliphatic rings. The van der Waals surface area contributed by atoms with Crippen LogP contribution in [0.3, 0.4) is 0 Å². The van der Waals surface area contributed by atoms with Gasteiger partial charge in [0.2, 0.25) is 5.91 Å². The van der Waals surface area contributed by atoms with Gasteiger partial charge in [0.25, 0.3) is 0 Å². The van der Waals surface area contributed by atoms with Gasteiger partial charge in [0.1, 0.15) is 12.0 Å². The van der Waals surface area contributed by atoms with E-state index in [4.69, 9.17) is 10.5 Å². The van der Waals surface area contributed by atoms with E-state index in [1.54, 1.807) is 24.3 Å². The predicted octanol–water partition coefficient (Wildman–Crippen LogP) is 0.753. The van der Waals surface area contributed by atoms with Crippen LogP contribution in [0.4, 0.5) is 0 Å². The minimum Gasteiger partial charge on any atom is -0.493 e. The molecule has 0 atom stereocenters. The van der Waals surface area contributed by atoms with Crippen LogP contribution in [0.2, 0.25) is 0 Å². The Labute approximate surface area is 81.7 Å². The van der Waals surface area contributed by atoms with E-state index in [2.05, 4.69) is 0 Å². The highest BCUT2D eigenvalue weighted by Crippen LogP contribution is 2.10. The van der Waals surface area contributed by atoms with Crippen LogP contribution in [0.15, 0.2) is 24.3 Å². The van der Waals surface area contributed by atoms with E-state index < -0.39 is 5.91 Å². The van der Waals surface area contributed by atoms with Crippen molar-refractivity contribution in [3.63, 3.8) is 0 Å². The summed E-state index contributed by atoms with van der Waals surface area (Å²) in [4.78, 5) is 20.7. The molecule has 0 bridgehead atoms. The van der Waals surface area contributed by atoms with E-state index in [9.17, 15) is 9.59 Å². The van der Waals surface area contributed by atoms with Gasteiger partial charge < -0.3 is 10.5 Å². The first kappa shape index (κ1) is 10.2. The molecule has 74 valence electrons. The highest BCUT2D eigenvalue weighted by molar-refractivity contribution is 5.75. The van der Waals surface area contributed by atoms with Crippen molar-refractivity contribution in [1.82, 2.24) is 0 Å². The van der Waals surface area contributed by atoms with Crippen molar-refractivity contribution in [2.75, 3.05) is 6.61 Å². The summed E-state index contributed by atoms with van der Waals surface area (Å²) < 4.78 is 5.20. The molecule has 4 nitrogen and oxygen atoms in total. The smallest absolute Gasteiger partial charge is 0.220 e. The average molecular weight is 193 g/mol. The van der Waals surface area contributed by atoms with Crippen molar-refractivity contribution in [1.29, 1.82) is 0 Å². The molecule has 0 spiro atoms. The van der Waals surface area contributed by atoms with Gasteiger partial charge in [-0.1, -0.05) is 0 Å². The van der Waals surface area contributed by atoms with E-state index in [0.717, 1.165) is 6.29 Å². The molecule has 0 heterocycles. The Morgan fingerprint density at radius 2 is 2.00 bits per heavy atom. The minimum absolute atomic E-state index is 0.190. The summed E-state index contributed by atoms with van der Waals surface area (Å²) in [5.41, 5.74) is 5.53. The van der Waals surface area contributed by atoms with Crippen molar-refractivity contribution < 1.29 is 14.3 Å². The Morgan fingerprint density at radius 3 is 2.50 bits per heavy atom. The van der Waals surface area contributed by atoms with Crippen molar-refractivity contribution >= 4 is 12.2 Å². The lowest BCUT2D eigenvalue weighted by Gasteiger charge is -2.03. The number of primary amides is 1. The van der Waals surface area contributed by atoms with Crippen LogP contribution in [0, 0.1) is 0 Å². The Bertz CT molecular complexity index is 319. The highest BCUT2D eigenvalue weighted by atomic mass is 16.5. The topological polar surface area (TPSA) is 69.4 Å². The molecule has 1 aromatic carbocycles. The van der Waals surface area contributed by atoms with E-state index in [-0.39, 0.29) is 13.0 Å². The van der Waals surface area contributed by atoms with Crippen LogP contribution in [0.1, 0.15) is 16.8 Å². The molecule has 0 radical (unpaired) electrons. The molecule has 0 fully saturated rings. The predicted molar refractivity (Wildman–Crippen MR) is 51.1 cm³/mol. The Hall–Kier alpha value is -1.84. The lowest BCUT2D eigenvalue weighted by molar-refractivity contribution is -0.118. The molecule has 0 aliphatic carbocycles. The molecule has 0 unspecified atom stereocenters. The van der Waals surface area contributed by atoms with Gasteiger partial charge in [-0.15, -0.1) is 0 Å². The number of carbonyl (C=O) groups excluding carboxylic acids is 2. The van der Waals surface area contributed by atoms with Gasteiger partial charge in [-0.3, -0.25) is 9.59 Å². The summed E-state index contributed by atoms with van der Waals surface area (Å²) in [6.07, 6.45) is 0.947. The quantitative estimate of drug-likeness (QED) is 0.701. The molecule has 1 amide bonds. The Morgan fingerprint density at radius 1 is 1.36 bits per heavy atom. The summed E-state index contributed by atoms with van der Waals surface area (Å²) in [7, 11) is 0.